The van der Waals surface area contributed by atoms with Gasteiger partial charge in [-0.2, -0.15) is 5.26 Å². The quantitative estimate of drug-likeness (QED) is 0.821. The fourth-order valence-electron chi connectivity index (χ4n) is 2.68. The molecule has 0 saturated carbocycles. The Morgan fingerprint density at radius 3 is 3.00 bits per heavy atom. The number of benzene rings is 1. The number of anilines is 1. The van der Waals surface area contributed by atoms with E-state index in [-0.39, 0.29) is 0 Å². The number of hydrogen-bond acceptors (Lipinski definition) is 3. The van der Waals surface area contributed by atoms with Gasteiger partial charge in [-0.05, 0) is 37.5 Å². The molecular formula is C13H14N2O. The lowest BCUT2D eigenvalue weighted by atomic mass is 9.95. The fourth-order valence-corrected chi connectivity index (χ4v) is 2.68. The van der Waals surface area contributed by atoms with Gasteiger partial charge < -0.3 is 10.1 Å². The third-order valence-electron chi connectivity index (χ3n) is 3.45. The first kappa shape index (κ1) is 9.68. The molecule has 2 saturated heterocycles. The van der Waals surface area contributed by atoms with Crippen molar-refractivity contribution in [3.63, 3.8) is 0 Å². The molecule has 1 N–H and O–H groups in total. The van der Waals surface area contributed by atoms with Crippen LogP contribution in [0.2, 0.25) is 0 Å². The van der Waals surface area contributed by atoms with Crippen LogP contribution in [0.4, 0.5) is 5.69 Å². The van der Waals surface area contributed by atoms with Crippen molar-refractivity contribution in [3.8, 4) is 6.07 Å². The van der Waals surface area contributed by atoms with Crippen molar-refractivity contribution in [1.29, 1.82) is 5.26 Å². The van der Waals surface area contributed by atoms with Gasteiger partial charge in [-0.25, -0.2) is 0 Å². The van der Waals surface area contributed by atoms with E-state index in [2.05, 4.69) is 11.4 Å². The second-order valence-corrected chi connectivity index (χ2v) is 4.55. The number of fused-ring (bicyclic) bond motifs is 2. The van der Waals surface area contributed by atoms with Gasteiger partial charge in [0.05, 0.1) is 29.9 Å². The van der Waals surface area contributed by atoms with Crippen molar-refractivity contribution in [3.05, 3.63) is 29.8 Å². The maximum Gasteiger partial charge on any atom is 0.0992 e. The van der Waals surface area contributed by atoms with E-state index in [9.17, 15) is 0 Å². The zero-order valence-electron chi connectivity index (χ0n) is 9.02. The molecule has 0 radical (unpaired) electrons. The van der Waals surface area contributed by atoms with E-state index >= 15 is 0 Å². The van der Waals surface area contributed by atoms with Crippen molar-refractivity contribution >= 4 is 5.69 Å². The first-order valence-corrected chi connectivity index (χ1v) is 5.77. The summed E-state index contributed by atoms with van der Waals surface area (Å²) < 4.78 is 5.79. The summed E-state index contributed by atoms with van der Waals surface area (Å²) in [7, 11) is 0. The third-order valence-corrected chi connectivity index (χ3v) is 3.45. The van der Waals surface area contributed by atoms with Gasteiger partial charge in [-0.15, -0.1) is 0 Å². The molecule has 2 aliphatic rings. The smallest absolute Gasteiger partial charge is 0.0992 e. The minimum atomic E-state index is 0.371. The van der Waals surface area contributed by atoms with Crippen molar-refractivity contribution in [2.24, 2.45) is 0 Å². The first-order valence-electron chi connectivity index (χ1n) is 5.77. The zero-order chi connectivity index (χ0) is 11.0. The van der Waals surface area contributed by atoms with Gasteiger partial charge in [0.1, 0.15) is 0 Å². The van der Waals surface area contributed by atoms with Crippen molar-refractivity contribution in [2.75, 3.05) is 5.32 Å². The summed E-state index contributed by atoms with van der Waals surface area (Å²) in [6, 6.07) is 10.2. The molecule has 3 atom stereocenters. The van der Waals surface area contributed by atoms with Crippen molar-refractivity contribution in [2.45, 2.75) is 37.5 Å². The molecule has 2 bridgehead atoms. The van der Waals surface area contributed by atoms with Crippen LogP contribution in [-0.2, 0) is 4.74 Å². The second kappa shape index (κ2) is 3.80. The first-order chi connectivity index (χ1) is 7.85. The van der Waals surface area contributed by atoms with E-state index in [1.54, 1.807) is 0 Å². The average molecular weight is 214 g/mol. The average Bonchev–Trinajstić information content (AvgIpc) is 2.91. The Balaban J connectivity index is 1.72. The summed E-state index contributed by atoms with van der Waals surface area (Å²) in [5, 5.41) is 12.3. The molecule has 1 aromatic rings. The predicted octanol–water partition coefficient (Wildman–Crippen LogP) is 2.29. The van der Waals surface area contributed by atoms with E-state index < -0.39 is 0 Å². The summed E-state index contributed by atoms with van der Waals surface area (Å²) in [6.45, 7) is 0. The van der Waals surface area contributed by atoms with Crippen molar-refractivity contribution < 1.29 is 4.74 Å². The van der Waals surface area contributed by atoms with E-state index in [1.165, 1.54) is 12.8 Å². The summed E-state index contributed by atoms with van der Waals surface area (Å²) >= 11 is 0. The Labute approximate surface area is 95.0 Å². The van der Waals surface area contributed by atoms with E-state index in [1.807, 2.05) is 24.3 Å². The SMILES string of the molecule is N#Cc1cccc(NC2CC3CCC2O3)c1. The molecule has 16 heavy (non-hydrogen) atoms. The lowest BCUT2D eigenvalue weighted by Crippen LogP contribution is -2.30. The zero-order valence-corrected chi connectivity index (χ0v) is 9.02. The Morgan fingerprint density at radius 2 is 2.31 bits per heavy atom. The van der Waals surface area contributed by atoms with Crippen LogP contribution in [0.15, 0.2) is 24.3 Å². The number of hydrogen-bond donors (Lipinski definition) is 1. The molecule has 3 nitrogen and oxygen atoms in total. The van der Waals surface area contributed by atoms with Gasteiger partial charge in [0, 0.05) is 5.69 Å². The number of nitrogens with zero attached hydrogens (tertiary/aromatic N) is 1. The summed E-state index contributed by atoms with van der Waals surface area (Å²) in [6.07, 6.45) is 4.31. The van der Waals surface area contributed by atoms with Gasteiger partial charge in [0.25, 0.3) is 0 Å². The molecule has 3 unspecified atom stereocenters. The number of nitriles is 1. The normalized spacial score (nSPS) is 31.3. The van der Waals surface area contributed by atoms with E-state index in [0.717, 1.165) is 12.1 Å². The summed E-state index contributed by atoms with van der Waals surface area (Å²) in [5.41, 5.74) is 1.73. The van der Waals surface area contributed by atoms with Gasteiger partial charge in [-0.3, -0.25) is 0 Å². The minimum absolute atomic E-state index is 0.371. The largest absolute Gasteiger partial charge is 0.380 e. The topological polar surface area (TPSA) is 45.0 Å². The van der Waals surface area contributed by atoms with Gasteiger partial charge in [0.2, 0.25) is 0 Å². The lowest BCUT2D eigenvalue weighted by molar-refractivity contribution is 0.102. The Hall–Kier alpha value is -1.53. The Kier molecular flexibility index (Phi) is 2.30. The van der Waals surface area contributed by atoms with Crippen LogP contribution in [-0.4, -0.2) is 18.2 Å². The standard InChI is InChI=1S/C13H14N2O/c14-8-9-2-1-3-10(6-9)15-12-7-11-4-5-13(12)16-11/h1-3,6,11-13,15H,4-5,7H2. The molecule has 0 spiro atoms. The molecule has 2 heterocycles. The summed E-state index contributed by atoms with van der Waals surface area (Å²) in [5.74, 6) is 0. The third kappa shape index (κ3) is 1.66. The van der Waals surface area contributed by atoms with Gasteiger partial charge >= 0.3 is 0 Å². The highest BCUT2D eigenvalue weighted by molar-refractivity contribution is 5.50. The van der Waals surface area contributed by atoms with Crippen LogP contribution in [0.1, 0.15) is 24.8 Å². The van der Waals surface area contributed by atoms with Crippen LogP contribution in [0.5, 0.6) is 0 Å². The molecular weight excluding hydrogens is 200 g/mol. The predicted molar refractivity (Wildman–Crippen MR) is 61.1 cm³/mol. The maximum absolute atomic E-state index is 8.83. The molecule has 3 rings (SSSR count). The summed E-state index contributed by atoms with van der Waals surface area (Å²) in [4.78, 5) is 0. The van der Waals surface area contributed by atoms with E-state index in [0.29, 0.717) is 23.8 Å². The second-order valence-electron chi connectivity index (χ2n) is 4.55. The molecule has 0 aliphatic carbocycles. The fraction of sp³-hybridized carbons (Fsp3) is 0.462. The lowest BCUT2D eigenvalue weighted by Gasteiger charge is -2.21. The molecule has 2 aliphatic heterocycles. The Morgan fingerprint density at radius 1 is 1.38 bits per heavy atom. The molecule has 3 heteroatoms. The van der Waals surface area contributed by atoms with Crippen molar-refractivity contribution in [1.82, 2.24) is 0 Å². The monoisotopic (exact) mass is 214 g/mol. The molecule has 1 aromatic carbocycles. The molecule has 82 valence electrons. The number of rotatable bonds is 2. The molecule has 0 aromatic heterocycles. The highest BCUT2D eigenvalue weighted by Gasteiger charge is 2.40. The van der Waals surface area contributed by atoms with Crippen LogP contribution in [0.25, 0.3) is 0 Å². The van der Waals surface area contributed by atoms with Gasteiger partial charge in [-0.1, -0.05) is 6.07 Å². The number of nitrogens with one attached hydrogen (secondary N) is 1. The van der Waals surface area contributed by atoms with Crippen LogP contribution >= 0.6 is 0 Å². The number of ether oxygens (including phenoxy) is 1. The highest BCUT2D eigenvalue weighted by atomic mass is 16.5. The van der Waals surface area contributed by atoms with Crippen LogP contribution in [0, 0.1) is 11.3 Å². The van der Waals surface area contributed by atoms with Crippen LogP contribution < -0.4 is 5.32 Å². The molecule has 0 amide bonds. The molecule has 2 fully saturated rings. The highest BCUT2D eigenvalue weighted by Crippen LogP contribution is 2.35. The minimum Gasteiger partial charge on any atom is -0.380 e. The van der Waals surface area contributed by atoms with Gasteiger partial charge in [0.15, 0.2) is 0 Å². The van der Waals surface area contributed by atoms with E-state index in [4.69, 9.17) is 10.00 Å². The van der Waals surface area contributed by atoms with Crippen LogP contribution in [0.3, 0.4) is 0 Å². The Bertz CT molecular complexity index is 438. The maximum atomic E-state index is 8.83.